The quantitative estimate of drug-likeness (QED) is 0.378. The molecule has 0 nitrogen and oxygen atoms in total. The maximum absolute atomic E-state index is 7.61. The van der Waals surface area contributed by atoms with Crippen molar-refractivity contribution in [2.45, 2.75) is 27.7 Å². The lowest BCUT2D eigenvalue weighted by molar-refractivity contribution is 1.35. The monoisotopic (exact) mass is 350 g/mol. The lowest BCUT2D eigenvalue weighted by Gasteiger charge is -2.30. The molecule has 0 fully saturated rings. The third kappa shape index (κ3) is 2.72. The Hall–Kier alpha value is -1.83. The van der Waals surface area contributed by atoms with Crippen LogP contribution in [0.25, 0.3) is 0 Å². The summed E-state index contributed by atoms with van der Waals surface area (Å²) in [4.78, 5) is 0. The molecule has 0 aliphatic carbocycles. The highest BCUT2D eigenvalue weighted by atomic mass is 35.6. The van der Waals surface area contributed by atoms with Crippen LogP contribution in [0.5, 0.6) is 0 Å². The fourth-order valence-electron chi connectivity index (χ4n) is 3.37. The summed E-state index contributed by atoms with van der Waals surface area (Å²) < 4.78 is 0. The Morgan fingerprint density at radius 2 is 1.04 bits per heavy atom. The molecular formula is C22H23ClSi. The van der Waals surface area contributed by atoms with Gasteiger partial charge in [0.1, 0.15) is 0 Å². The van der Waals surface area contributed by atoms with E-state index >= 15 is 0 Å². The summed E-state index contributed by atoms with van der Waals surface area (Å²) in [5.41, 5.74) is 5.21. The third-order valence-electron chi connectivity index (χ3n) is 5.12. The molecule has 3 aromatic carbocycles. The van der Waals surface area contributed by atoms with Crippen LogP contribution in [0, 0.1) is 27.7 Å². The third-order valence-corrected chi connectivity index (χ3v) is 10.7. The number of hydrogen-bond donors (Lipinski definition) is 0. The second kappa shape index (κ2) is 6.58. The standard InChI is InChI=1S/C22H23ClSi/c1-16-10-8-14-21(18(16)3)24(23,20-12-6-5-7-13-20)22-15-9-11-17(2)19(22)4/h5-15H,1-4H3. The summed E-state index contributed by atoms with van der Waals surface area (Å²) in [5.74, 6) is 0. The minimum Gasteiger partial charge on any atom is -0.149 e. The van der Waals surface area contributed by atoms with Crippen molar-refractivity contribution in [3.05, 3.63) is 89.0 Å². The highest BCUT2D eigenvalue weighted by Gasteiger charge is 2.40. The van der Waals surface area contributed by atoms with E-state index in [-0.39, 0.29) is 0 Å². The van der Waals surface area contributed by atoms with Crippen LogP contribution in [0.4, 0.5) is 0 Å². The molecule has 0 radical (unpaired) electrons. The average molecular weight is 351 g/mol. The van der Waals surface area contributed by atoms with Crippen molar-refractivity contribution in [1.82, 2.24) is 0 Å². The Morgan fingerprint density at radius 3 is 1.50 bits per heavy atom. The van der Waals surface area contributed by atoms with Gasteiger partial charge in [0.15, 0.2) is 0 Å². The molecule has 0 amide bonds. The first-order chi connectivity index (χ1) is 11.5. The summed E-state index contributed by atoms with van der Waals surface area (Å²) in [6.45, 7) is 8.73. The number of rotatable bonds is 3. The molecule has 0 saturated carbocycles. The average Bonchev–Trinajstić information content (AvgIpc) is 2.60. The molecule has 0 aromatic heterocycles. The zero-order valence-electron chi connectivity index (χ0n) is 14.7. The molecule has 0 unspecified atom stereocenters. The number of aryl methyl sites for hydroxylation is 2. The molecule has 0 N–H and O–H groups in total. The SMILES string of the molecule is Cc1cccc([Si](Cl)(c2ccccc2)c2cccc(C)c2C)c1C. The molecule has 0 bridgehead atoms. The lowest BCUT2D eigenvalue weighted by atomic mass is 10.1. The van der Waals surface area contributed by atoms with Gasteiger partial charge in [0.2, 0.25) is 7.38 Å². The summed E-state index contributed by atoms with van der Waals surface area (Å²) >= 11 is 7.61. The number of halogens is 1. The summed E-state index contributed by atoms with van der Waals surface area (Å²) in [6.07, 6.45) is 0. The van der Waals surface area contributed by atoms with E-state index in [1.165, 1.54) is 37.8 Å². The predicted molar refractivity (Wildman–Crippen MR) is 109 cm³/mol. The van der Waals surface area contributed by atoms with Crippen molar-refractivity contribution >= 4 is 34.0 Å². The zero-order chi connectivity index (χ0) is 17.3. The molecule has 0 saturated heterocycles. The van der Waals surface area contributed by atoms with Gasteiger partial charge in [-0.3, -0.25) is 0 Å². The molecule has 0 aliphatic heterocycles. The molecule has 0 atom stereocenters. The van der Waals surface area contributed by atoms with Gasteiger partial charge < -0.3 is 0 Å². The molecule has 122 valence electrons. The van der Waals surface area contributed by atoms with Crippen molar-refractivity contribution < 1.29 is 0 Å². The fraction of sp³-hybridized carbons (Fsp3) is 0.182. The van der Waals surface area contributed by atoms with Crippen LogP contribution < -0.4 is 15.6 Å². The van der Waals surface area contributed by atoms with Crippen molar-refractivity contribution in [3.63, 3.8) is 0 Å². The molecule has 0 spiro atoms. The van der Waals surface area contributed by atoms with Gasteiger partial charge in [0.05, 0.1) is 0 Å². The minimum atomic E-state index is -2.56. The maximum atomic E-state index is 7.61. The summed E-state index contributed by atoms with van der Waals surface area (Å²) in [7, 11) is -2.56. The van der Waals surface area contributed by atoms with Crippen LogP contribution in [-0.2, 0) is 0 Å². The van der Waals surface area contributed by atoms with Crippen LogP contribution in [0.2, 0.25) is 0 Å². The van der Waals surface area contributed by atoms with Gasteiger partial charge in [-0.1, -0.05) is 66.7 Å². The zero-order valence-corrected chi connectivity index (χ0v) is 16.5. The minimum absolute atomic E-state index is 1.24. The maximum Gasteiger partial charge on any atom is 0.248 e. The van der Waals surface area contributed by atoms with Crippen molar-refractivity contribution in [2.24, 2.45) is 0 Å². The Morgan fingerprint density at radius 1 is 0.583 bits per heavy atom. The Labute approximate surface area is 150 Å². The molecule has 3 rings (SSSR count). The topological polar surface area (TPSA) is 0 Å². The summed E-state index contributed by atoms with van der Waals surface area (Å²) in [6, 6.07) is 23.6. The first-order valence-electron chi connectivity index (χ1n) is 8.34. The number of benzene rings is 3. The van der Waals surface area contributed by atoms with Crippen LogP contribution in [0.3, 0.4) is 0 Å². The Kier molecular flexibility index (Phi) is 4.66. The van der Waals surface area contributed by atoms with Gasteiger partial charge in [-0.25, -0.2) is 0 Å². The van der Waals surface area contributed by atoms with Crippen LogP contribution in [0.1, 0.15) is 22.3 Å². The Balaban J connectivity index is 2.38. The highest BCUT2D eigenvalue weighted by Crippen LogP contribution is 2.19. The van der Waals surface area contributed by atoms with Gasteiger partial charge in [0.25, 0.3) is 0 Å². The van der Waals surface area contributed by atoms with E-state index in [4.69, 9.17) is 11.1 Å². The fourth-order valence-corrected chi connectivity index (χ4v) is 8.62. The van der Waals surface area contributed by atoms with Crippen LogP contribution in [-0.4, -0.2) is 7.38 Å². The van der Waals surface area contributed by atoms with Crippen molar-refractivity contribution in [1.29, 1.82) is 0 Å². The van der Waals surface area contributed by atoms with E-state index in [0.29, 0.717) is 0 Å². The first kappa shape index (κ1) is 17.0. The largest absolute Gasteiger partial charge is 0.248 e. The van der Waals surface area contributed by atoms with Crippen molar-refractivity contribution in [2.75, 3.05) is 0 Å². The van der Waals surface area contributed by atoms with Crippen LogP contribution >= 0.6 is 11.1 Å². The van der Waals surface area contributed by atoms with E-state index in [9.17, 15) is 0 Å². The summed E-state index contributed by atoms with van der Waals surface area (Å²) in [5, 5.41) is 3.84. The normalized spacial score (nSPS) is 11.5. The van der Waals surface area contributed by atoms with E-state index in [1.807, 2.05) is 0 Å². The smallest absolute Gasteiger partial charge is 0.149 e. The Bertz CT molecular complexity index is 817. The van der Waals surface area contributed by atoms with E-state index in [1.54, 1.807) is 0 Å². The second-order valence-electron chi connectivity index (χ2n) is 6.52. The van der Waals surface area contributed by atoms with Gasteiger partial charge in [0, 0.05) is 0 Å². The molecule has 2 heteroatoms. The molecule has 0 aliphatic rings. The van der Waals surface area contributed by atoms with E-state index in [0.717, 1.165) is 0 Å². The lowest BCUT2D eigenvalue weighted by Crippen LogP contribution is -2.64. The molecule has 24 heavy (non-hydrogen) atoms. The number of hydrogen-bond acceptors (Lipinski definition) is 0. The highest BCUT2D eigenvalue weighted by molar-refractivity contribution is 7.40. The van der Waals surface area contributed by atoms with Gasteiger partial charge in [-0.15, -0.1) is 11.1 Å². The van der Waals surface area contributed by atoms with Crippen LogP contribution in [0.15, 0.2) is 66.7 Å². The predicted octanol–water partition coefficient (Wildman–Crippen LogP) is 4.13. The molecular weight excluding hydrogens is 328 g/mol. The van der Waals surface area contributed by atoms with E-state index in [2.05, 4.69) is 94.4 Å². The first-order valence-corrected chi connectivity index (χ1v) is 11.3. The second-order valence-corrected chi connectivity index (χ2v) is 11.2. The van der Waals surface area contributed by atoms with E-state index < -0.39 is 7.38 Å². The van der Waals surface area contributed by atoms with Gasteiger partial charge in [-0.05, 0) is 65.5 Å². The van der Waals surface area contributed by atoms with Crippen molar-refractivity contribution in [3.8, 4) is 0 Å². The van der Waals surface area contributed by atoms with Gasteiger partial charge in [-0.2, -0.15) is 0 Å². The van der Waals surface area contributed by atoms with Gasteiger partial charge >= 0.3 is 0 Å². The molecule has 0 heterocycles. The molecule has 3 aromatic rings.